The van der Waals surface area contributed by atoms with Gasteiger partial charge in [0.2, 0.25) is 0 Å². The summed E-state index contributed by atoms with van der Waals surface area (Å²) in [4.78, 5) is 20.4. The number of urea groups is 1. The number of amides is 2. The van der Waals surface area contributed by atoms with Crippen LogP contribution in [0.3, 0.4) is 0 Å². The molecule has 0 bridgehead atoms. The average Bonchev–Trinajstić information content (AvgIpc) is 2.48. The molecule has 2 amide bonds. The van der Waals surface area contributed by atoms with Crippen LogP contribution in [0.25, 0.3) is 0 Å². The number of nitrogens with two attached hydrogens (primary N) is 1. The largest absolute Gasteiger partial charge is 0.350 e. The molecule has 1 fully saturated rings. The lowest BCUT2D eigenvalue weighted by molar-refractivity contribution is 0.204. The molecule has 1 aliphatic carbocycles. The quantitative estimate of drug-likeness (QED) is 0.450. The number of nitroso groups, excluding NO2 is 1. The third-order valence-electron chi connectivity index (χ3n) is 1.69. The summed E-state index contributed by atoms with van der Waals surface area (Å²) in [6.07, 6.45) is 0.828. The third-order valence-corrected chi connectivity index (χ3v) is 1.69. The van der Waals surface area contributed by atoms with Crippen molar-refractivity contribution in [1.29, 1.82) is 0 Å². The fraction of sp³-hybridized carbons (Fsp3) is 0.800. The highest BCUT2D eigenvalue weighted by atomic mass is 16.3. The van der Waals surface area contributed by atoms with Crippen LogP contribution < -0.4 is 5.73 Å². The molecule has 1 saturated carbocycles. The molecule has 0 aromatic heterocycles. The Morgan fingerprint density at radius 2 is 2.30 bits per heavy atom. The normalized spacial score (nSPS) is 29.3. The first-order valence-corrected chi connectivity index (χ1v) is 3.08. The highest BCUT2D eigenvalue weighted by molar-refractivity contribution is 5.72. The molecule has 0 radical (unpaired) electrons. The summed E-state index contributed by atoms with van der Waals surface area (Å²) < 4.78 is 0. The predicted molar refractivity (Wildman–Crippen MR) is 34.8 cm³/mol. The van der Waals surface area contributed by atoms with E-state index in [1.807, 2.05) is 6.92 Å². The molecule has 5 heteroatoms. The molecule has 2 atom stereocenters. The number of carbonyl (C=O) groups excluding carboxylic acids is 1. The van der Waals surface area contributed by atoms with Gasteiger partial charge in [-0.05, 0) is 12.3 Å². The highest BCUT2D eigenvalue weighted by Crippen LogP contribution is 2.34. The molecular weight excluding hydrogens is 134 g/mol. The van der Waals surface area contributed by atoms with Gasteiger partial charge >= 0.3 is 6.03 Å². The van der Waals surface area contributed by atoms with Gasteiger partial charge in [0.25, 0.3) is 0 Å². The Morgan fingerprint density at radius 1 is 1.80 bits per heavy atom. The number of carbonyl (C=O) groups is 1. The van der Waals surface area contributed by atoms with Gasteiger partial charge in [-0.1, -0.05) is 6.92 Å². The van der Waals surface area contributed by atoms with E-state index in [4.69, 9.17) is 5.73 Å². The Hall–Kier alpha value is -1.13. The lowest BCUT2D eigenvalue weighted by Gasteiger charge is -2.07. The number of hydrogen-bond donors (Lipinski definition) is 1. The molecule has 0 aromatic rings. The Morgan fingerprint density at radius 3 is 2.40 bits per heavy atom. The fourth-order valence-corrected chi connectivity index (χ4v) is 0.907. The van der Waals surface area contributed by atoms with Crippen molar-refractivity contribution in [2.45, 2.75) is 19.4 Å². The van der Waals surface area contributed by atoms with Gasteiger partial charge in [-0.3, -0.25) is 0 Å². The first-order chi connectivity index (χ1) is 4.66. The topological polar surface area (TPSA) is 75.8 Å². The molecule has 0 aromatic carbocycles. The first-order valence-electron chi connectivity index (χ1n) is 3.08. The van der Waals surface area contributed by atoms with Gasteiger partial charge in [0, 0.05) is 0 Å². The lowest BCUT2D eigenvalue weighted by Crippen LogP contribution is -2.33. The molecule has 0 aliphatic heterocycles. The summed E-state index contributed by atoms with van der Waals surface area (Å²) in [5.74, 6) is 0.366. The second-order valence-electron chi connectivity index (χ2n) is 2.54. The van der Waals surface area contributed by atoms with Crippen molar-refractivity contribution >= 4 is 6.03 Å². The SMILES string of the molecule is C[C@H]1C[C@H]1N(N=O)C(N)=O. The van der Waals surface area contributed by atoms with Crippen molar-refractivity contribution in [2.24, 2.45) is 16.9 Å². The molecule has 1 aliphatic rings. The van der Waals surface area contributed by atoms with E-state index in [2.05, 4.69) is 5.29 Å². The second-order valence-corrected chi connectivity index (χ2v) is 2.54. The van der Waals surface area contributed by atoms with Crippen LogP contribution in [0.5, 0.6) is 0 Å². The van der Waals surface area contributed by atoms with Gasteiger partial charge in [-0.15, -0.1) is 4.91 Å². The van der Waals surface area contributed by atoms with Gasteiger partial charge < -0.3 is 5.73 Å². The van der Waals surface area contributed by atoms with Gasteiger partial charge in [0.05, 0.1) is 11.3 Å². The number of hydrogen-bond acceptors (Lipinski definition) is 3. The molecule has 0 heterocycles. The van der Waals surface area contributed by atoms with Crippen molar-refractivity contribution in [3.63, 3.8) is 0 Å². The van der Waals surface area contributed by atoms with E-state index in [-0.39, 0.29) is 6.04 Å². The van der Waals surface area contributed by atoms with Crippen molar-refractivity contribution < 1.29 is 4.79 Å². The molecule has 5 nitrogen and oxygen atoms in total. The van der Waals surface area contributed by atoms with Crippen molar-refractivity contribution in [2.75, 3.05) is 0 Å². The summed E-state index contributed by atoms with van der Waals surface area (Å²) in [6, 6.07) is -0.806. The van der Waals surface area contributed by atoms with Gasteiger partial charge in [-0.25, -0.2) is 4.79 Å². The smallest absolute Gasteiger partial charge is 0.338 e. The van der Waals surface area contributed by atoms with E-state index in [1.54, 1.807) is 0 Å². The van der Waals surface area contributed by atoms with Crippen LogP contribution in [0.4, 0.5) is 4.79 Å². The van der Waals surface area contributed by atoms with Crippen molar-refractivity contribution in [1.82, 2.24) is 5.01 Å². The van der Waals surface area contributed by atoms with Crippen LogP contribution in [0, 0.1) is 10.8 Å². The predicted octanol–water partition coefficient (Wildman–Crippen LogP) is 0.457. The van der Waals surface area contributed by atoms with Crippen LogP contribution in [-0.2, 0) is 0 Å². The Bertz CT molecular complexity index is 170. The third kappa shape index (κ3) is 1.07. The van der Waals surface area contributed by atoms with Crippen LogP contribution in [0.2, 0.25) is 0 Å². The van der Waals surface area contributed by atoms with E-state index < -0.39 is 6.03 Å². The molecule has 10 heavy (non-hydrogen) atoms. The second kappa shape index (κ2) is 2.24. The zero-order valence-electron chi connectivity index (χ0n) is 5.65. The molecule has 0 saturated heterocycles. The van der Waals surface area contributed by atoms with Gasteiger partial charge in [0.15, 0.2) is 0 Å². The van der Waals surface area contributed by atoms with E-state index >= 15 is 0 Å². The molecule has 1 rings (SSSR count). The van der Waals surface area contributed by atoms with Crippen LogP contribution in [0.1, 0.15) is 13.3 Å². The summed E-state index contributed by atoms with van der Waals surface area (Å²) in [5, 5.41) is 3.31. The lowest BCUT2D eigenvalue weighted by atomic mass is 10.5. The zero-order valence-corrected chi connectivity index (χ0v) is 5.65. The van der Waals surface area contributed by atoms with E-state index in [0.29, 0.717) is 5.92 Å². The van der Waals surface area contributed by atoms with E-state index in [1.165, 1.54) is 0 Å². The van der Waals surface area contributed by atoms with Crippen LogP contribution in [0.15, 0.2) is 5.29 Å². The number of primary amides is 1. The van der Waals surface area contributed by atoms with Gasteiger partial charge in [-0.2, -0.15) is 5.01 Å². The number of rotatable bonds is 2. The van der Waals surface area contributed by atoms with Crippen LogP contribution in [-0.4, -0.2) is 17.1 Å². The van der Waals surface area contributed by atoms with Crippen LogP contribution >= 0.6 is 0 Å². The van der Waals surface area contributed by atoms with Crippen molar-refractivity contribution in [3.05, 3.63) is 4.91 Å². The maximum Gasteiger partial charge on any atom is 0.338 e. The van der Waals surface area contributed by atoms with E-state index in [9.17, 15) is 9.70 Å². The zero-order chi connectivity index (χ0) is 7.72. The summed E-state index contributed by atoms with van der Waals surface area (Å²) in [6.45, 7) is 1.94. The van der Waals surface area contributed by atoms with Gasteiger partial charge in [0.1, 0.15) is 0 Å². The Balaban J connectivity index is 2.50. The molecular formula is C5H9N3O2. The standard InChI is InChI=1S/C5H9N3O2/c1-3-2-4(3)8(7-10)5(6)9/h3-4H,2H2,1H3,(H2,6,9)/t3-,4+/m0/s1. The van der Waals surface area contributed by atoms with E-state index in [0.717, 1.165) is 11.4 Å². The minimum Gasteiger partial charge on any atom is -0.350 e. The molecule has 56 valence electrons. The molecule has 0 spiro atoms. The summed E-state index contributed by atoms with van der Waals surface area (Å²) >= 11 is 0. The molecule has 0 unspecified atom stereocenters. The minimum atomic E-state index is -0.760. The average molecular weight is 143 g/mol. The minimum absolute atomic E-state index is 0.0463. The fourth-order valence-electron chi connectivity index (χ4n) is 0.907. The summed E-state index contributed by atoms with van der Waals surface area (Å²) in [5.41, 5.74) is 4.84. The maximum atomic E-state index is 10.4. The monoisotopic (exact) mass is 143 g/mol. The Labute approximate surface area is 58.1 Å². The van der Waals surface area contributed by atoms with Crippen molar-refractivity contribution in [3.8, 4) is 0 Å². The number of nitrogens with zero attached hydrogens (tertiary/aromatic N) is 2. The molecule has 2 N–H and O–H groups in total. The Kier molecular flexibility index (Phi) is 1.57. The first kappa shape index (κ1) is 6.98. The summed E-state index contributed by atoms with van der Waals surface area (Å²) in [7, 11) is 0. The maximum absolute atomic E-state index is 10.4. The highest BCUT2D eigenvalue weighted by Gasteiger charge is 2.41.